The number of hydrogen-bond donors (Lipinski definition) is 6. The third-order valence-electron chi connectivity index (χ3n) is 11.8. The van der Waals surface area contributed by atoms with Crippen LogP contribution in [0.15, 0.2) is 83.5 Å². The van der Waals surface area contributed by atoms with Gasteiger partial charge in [-0.3, -0.25) is 27.8 Å². The van der Waals surface area contributed by atoms with Crippen molar-refractivity contribution in [2.24, 2.45) is 10.2 Å². The molecule has 12 atom stereocenters. The average molecular weight is 1210 g/mol. The third-order valence-corrected chi connectivity index (χ3v) is 15.1. The van der Waals surface area contributed by atoms with Crippen LogP contribution in [0.3, 0.4) is 0 Å². The highest BCUT2D eigenvalue weighted by Gasteiger charge is 2.48. The van der Waals surface area contributed by atoms with Crippen LogP contribution in [-0.4, -0.2) is 148 Å². The number of nitrogens with two attached hydrogens (primary N) is 2. The molecule has 8 rings (SSSR count). The number of aromatic nitrogens is 8. The number of hydrogen-bond acceptors (Lipinski definition) is 26. The summed E-state index contributed by atoms with van der Waals surface area (Å²) in [6.45, 7) is 12.7. The van der Waals surface area contributed by atoms with Gasteiger partial charge in [0.15, 0.2) is 22.3 Å². The van der Waals surface area contributed by atoms with Crippen LogP contribution in [0, 0.1) is 0 Å². The number of nitrogens with one attached hydrogen (secondary N) is 2. The number of azide groups is 2. The summed E-state index contributed by atoms with van der Waals surface area (Å²) in [5.74, 6) is -0.856. The molecule has 0 bridgehead atoms. The molecule has 8 N–H and O–H groups in total. The molecule has 0 amide bonds. The number of esters is 2. The first-order valence-electron chi connectivity index (χ1n) is 26.1. The van der Waals surface area contributed by atoms with Gasteiger partial charge in [-0.25, -0.2) is 19.1 Å². The number of rotatable bonds is 26. The van der Waals surface area contributed by atoms with E-state index >= 15 is 0 Å². The van der Waals surface area contributed by atoms with Gasteiger partial charge in [0.2, 0.25) is 23.7 Å². The standard InChI is InChI=1S/2C24H32N9O8P/c2*1-5-37-21-18-20(28-24(25)29-21)33(12-27-18)22-17(30-32-26)19(34)16(40-22)11-38-42(36,41-15-9-7-6-8-10-15)31-14(4)23(35)39-13(2)3/h2*6-10,12-14,16-17,19,22,34H,5,11H2,1-4H3,(H,31,36)(H2,25,28,29)/t14-,16-,17-,19-,22-,42+;14-,16-,17-,19-,22-,42-/m11/s1. The lowest BCUT2D eigenvalue weighted by molar-refractivity contribution is -0.150. The zero-order valence-electron chi connectivity index (χ0n) is 46.6. The molecule has 6 aromatic rings. The van der Waals surface area contributed by atoms with Crippen molar-refractivity contribution < 1.29 is 75.4 Å². The predicted octanol–water partition coefficient (Wildman–Crippen LogP) is 5.76. The van der Waals surface area contributed by atoms with E-state index < -0.39 is 114 Å². The minimum Gasteiger partial charge on any atom is -0.476 e. The maximum atomic E-state index is 13.8. The van der Waals surface area contributed by atoms with E-state index in [1.165, 1.54) is 35.6 Å². The number of ether oxygens (including phenoxy) is 6. The molecule has 4 aromatic heterocycles. The van der Waals surface area contributed by atoms with E-state index in [0.717, 1.165) is 0 Å². The number of aliphatic hydroxyl groups is 2. The number of anilines is 2. The molecule has 0 saturated carbocycles. The Hall–Kier alpha value is -7.96. The Morgan fingerprint density at radius 3 is 1.36 bits per heavy atom. The first kappa shape index (κ1) is 63.6. The number of carbonyl (C=O) groups excluding carboxylic acids is 2. The van der Waals surface area contributed by atoms with Crippen LogP contribution in [0.2, 0.25) is 0 Å². The van der Waals surface area contributed by atoms with E-state index in [2.05, 4.69) is 60.1 Å². The number of benzene rings is 2. The quantitative estimate of drug-likeness (QED) is 0.0124. The molecule has 84 heavy (non-hydrogen) atoms. The van der Waals surface area contributed by atoms with E-state index in [4.69, 9.17) is 58.0 Å². The Bertz CT molecular complexity index is 3190. The van der Waals surface area contributed by atoms with E-state index in [1.54, 1.807) is 102 Å². The molecule has 2 aliphatic heterocycles. The van der Waals surface area contributed by atoms with Gasteiger partial charge in [0.25, 0.3) is 0 Å². The van der Waals surface area contributed by atoms with Gasteiger partial charge in [-0.05, 0) is 90.7 Å². The zero-order chi connectivity index (χ0) is 60.9. The maximum Gasteiger partial charge on any atom is 0.459 e. The van der Waals surface area contributed by atoms with Crippen molar-refractivity contribution in [3.63, 3.8) is 0 Å². The van der Waals surface area contributed by atoms with Gasteiger partial charge in [-0.1, -0.05) is 46.6 Å². The maximum absolute atomic E-state index is 13.8. The molecule has 2 saturated heterocycles. The highest BCUT2D eigenvalue weighted by molar-refractivity contribution is 7.52. The van der Waals surface area contributed by atoms with Crippen molar-refractivity contribution in [1.29, 1.82) is 0 Å². The number of para-hydroxylation sites is 2. The molecule has 452 valence electrons. The van der Waals surface area contributed by atoms with Crippen LogP contribution >= 0.6 is 15.5 Å². The highest BCUT2D eigenvalue weighted by atomic mass is 31.2. The number of aliphatic hydroxyl groups excluding tert-OH is 2. The van der Waals surface area contributed by atoms with Crippen molar-refractivity contribution in [3.8, 4) is 23.3 Å². The number of fused-ring (bicyclic) bond motifs is 2. The lowest BCUT2D eigenvalue weighted by Gasteiger charge is -2.25. The Morgan fingerprint density at radius 1 is 0.655 bits per heavy atom. The molecule has 0 radical (unpaired) electrons. The number of nitrogen functional groups attached to an aromatic ring is 2. The van der Waals surface area contributed by atoms with Crippen LogP contribution < -0.4 is 40.2 Å². The lowest BCUT2D eigenvalue weighted by Crippen LogP contribution is -2.37. The molecule has 2 aromatic carbocycles. The van der Waals surface area contributed by atoms with Crippen molar-refractivity contribution in [2.45, 2.75) is 129 Å². The second-order valence-corrected chi connectivity index (χ2v) is 22.2. The first-order valence-corrected chi connectivity index (χ1v) is 29.1. The molecular formula is C48H64N18O16P2. The van der Waals surface area contributed by atoms with Gasteiger partial charge in [0.1, 0.15) is 60.3 Å². The topological polar surface area (TPSA) is 462 Å². The molecule has 6 heterocycles. The average Bonchev–Trinajstić information content (AvgIpc) is 2.21. The minimum atomic E-state index is -4.27. The molecule has 0 unspecified atom stereocenters. The van der Waals surface area contributed by atoms with Crippen molar-refractivity contribution in [2.75, 3.05) is 37.9 Å². The van der Waals surface area contributed by atoms with Gasteiger partial charge in [0.05, 0.1) is 63.5 Å². The van der Waals surface area contributed by atoms with Crippen LogP contribution in [0.1, 0.15) is 67.8 Å². The number of carbonyl (C=O) groups is 2. The fourth-order valence-corrected chi connectivity index (χ4v) is 11.2. The first-order chi connectivity index (χ1) is 40.1. The van der Waals surface area contributed by atoms with Crippen LogP contribution in [0.5, 0.6) is 23.3 Å². The van der Waals surface area contributed by atoms with Gasteiger partial charge in [-0.15, -0.1) is 0 Å². The Morgan fingerprint density at radius 2 is 1.02 bits per heavy atom. The van der Waals surface area contributed by atoms with Crippen LogP contribution in [0.25, 0.3) is 43.2 Å². The summed E-state index contributed by atoms with van der Waals surface area (Å²) in [7, 11) is -8.53. The summed E-state index contributed by atoms with van der Waals surface area (Å²) in [4.78, 5) is 55.6. The zero-order valence-corrected chi connectivity index (χ0v) is 48.4. The normalized spacial score (nSPS) is 22.3. The third kappa shape index (κ3) is 15.8. The second-order valence-electron chi connectivity index (χ2n) is 18.9. The summed E-state index contributed by atoms with van der Waals surface area (Å²) in [6.07, 6.45) is -5.48. The number of nitrogens with zero attached hydrogens (tertiary/aromatic N) is 14. The highest BCUT2D eigenvalue weighted by Crippen LogP contribution is 2.48. The molecule has 36 heteroatoms. The molecule has 2 fully saturated rings. The smallest absolute Gasteiger partial charge is 0.459 e. The molecule has 0 spiro atoms. The molecule has 0 aliphatic carbocycles. The van der Waals surface area contributed by atoms with Crippen LogP contribution in [0.4, 0.5) is 11.9 Å². The van der Waals surface area contributed by atoms with Gasteiger partial charge >= 0.3 is 27.4 Å². The Balaban J connectivity index is 0.000000241. The van der Waals surface area contributed by atoms with E-state index in [9.17, 15) is 40.0 Å². The second kappa shape index (κ2) is 28.5. The summed E-state index contributed by atoms with van der Waals surface area (Å²) < 4.78 is 86.5. The fourth-order valence-electron chi connectivity index (χ4n) is 8.24. The van der Waals surface area contributed by atoms with Crippen molar-refractivity contribution in [3.05, 3.63) is 94.2 Å². The van der Waals surface area contributed by atoms with Gasteiger partial charge in [-0.2, -0.15) is 30.1 Å². The molecule has 2 aliphatic rings. The van der Waals surface area contributed by atoms with E-state index in [-0.39, 0.29) is 57.5 Å². The fraction of sp³-hybridized carbons (Fsp3) is 0.500. The largest absolute Gasteiger partial charge is 0.476 e. The van der Waals surface area contributed by atoms with Crippen molar-refractivity contribution >= 4 is 61.7 Å². The van der Waals surface area contributed by atoms with E-state index in [0.29, 0.717) is 13.2 Å². The lowest BCUT2D eigenvalue weighted by atomic mass is 10.1. The number of imidazole rings is 2. The Kier molecular flexibility index (Phi) is 21.6. The van der Waals surface area contributed by atoms with Crippen LogP contribution in [-0.2, 0) is 46.7 Å². The molecular weight excluding hydrogens is 1150 g/mol. The summed E-state index contributed by atoms with van der Waals surface area (Å²) in [5, 5.41) is 34.7. The minimum absolute atomic E-state index is 0.0957. The predicted molar refractivity (Wildman–Crippen MR) is 296 cm³/mol. The van der Waals surface area contributed by atoms with Gasteiger partial charge < -0.3 is 59.1 Å². The van der Waals surface area contributed by atoms with Crippen molar-refractivity contribution in [1.82, 2.24) is 49.2 Å². The molecule has 34 nitrogen and oxygen atoms in total. The van der Waals surface area contributed by atoms with E-state index in [1.807, 2.05) is 0 Å². The summed E-state index contributed by atoms with van der Waals surface area (Å²) in [6, 6.07) is 11.8. The monoisotopic (exact) mass is 1210 g/mol. The Labute approximate surface area is 479 Å². The van der Waals surface area contributed by atoms with Gasteiger partial charge in [0, 0.05) is 9.82 Å². The summed E-state index contributed by atoms with van der Waals surface area (Å²) >= 11 is 0. The summed E-state index contributed by atoms with van der Waals surface area (Å²) in [5.41, 5.74) is 31.1. The SMILES string of the molecule is CCOc1nc(N)nc2c1ncn2[C@@H]1O[C@H](CO[P@@](=O)(N[C@H](C)C(=O)OC(C)C)Oc2ccccc2)[C@@H](O)[C@H]1N=[N+]=[N-].CCOc1nc(N)nc2c1ncn2[C@@H]1O[C@H](CO[P@](=O)(N[C@H](C)C(=O)OC(C)C)Oc2ccccc2)[C@@H](O)[C@H]1N=[N+]=[N-].